The van der Waals surface area contributed by atoms with Crippen LogP contribution in [0.25, 0.3) is 22.1 Å². The summed E-state index contributed by atoms with van der Waals surface area (Å²) in [6.07, 6.45) is -1.19. The van der Waals surface area contributed by atoms with Gasteiger partial charge in [0.15, 0.2) is 5.58 Å². The van der Waals surface area contributed by atoms with Crippen molar-refractivity contribution in [2.45, 2.75) is 10.8 Å². The Labute approximate surface area is 175 Å². The molecule has 1 saturated heterocycles. The van der Waals surface area contributed by atoms with Crippen LogP contribution in [0.5, 0.6) is 0 Å². The molecule has 30 heavy (non-hydrogen) atoms. The second-order valence-electron chi connectivity index (χ2n) is 6.96. The van der Waals surface area contributed by atoms with Crippen LogP contribution in [0.4, 0.5) is 19.5 Å². The molecule has 11 heteroatoms. The van der Waals surface area contributed by atoms with Crippen molar-refractivity contribution in [2.24, 2.45) is 0 Å². The molecule has 1 aliphatic rings. The summed E-state index contributed by atoms with van der Waals surface area (Å²) in [4.78, 5) is 11.9. The van der Waals surface area contributed by atoms with Gasteiger partial charge >= 0.3 is 6.09 Å². The number of amides is 1. The number of fused-ring (bicyclic) bond motifs is 1. The van der Waals surface area contributed by atoms with Crippen LogP contribution in [0.2, 0.25) is 5.02 Å². The molecule has 1 amide bonds. The van der Waals surface area contributed by atoms with E-state index in [4.69, 9.17) is 21.1 Å². The van der Waals surface area contributed by atoms with Crippen molar-refractivity contribution in [2.75, 3.05) is 25.0 Å². The van der Waals surface area contributed by atoms with Crippen molar-refractivity contribution >= 4 is 44.6 Å². The Balaban J connectivity index is 1.65. The summed E-state index contributed by atoms with van der Waals surface area (Å²) in [5, 5.41) is 9.91. The van der Waals surface area contributed by atoms with Gasteiger partial charge < -0.3 is 9.52 Å². The van der Waals surface area contributed by atoms with E-state index in [-0.39, 0.29) is 15.8 Å². The van der Waals surface area contributed by atoms with Crippen molar-refractivity contribution in [1.29, 1.82) is 0 Å². The lowest BCUT2D eigenvalue weighted by Crippen LogP contribution is -2.58. The average Bonchev–Trinajstić information content (AvgIpc) is 3.10. The molecule has 0 saturated carbocycles. The number of rotatable bonds is 4. The molecule has 3 aromatic rings. The lowest BCUT2D eigenvalue weighted by molar-refractivity contribution is -0.0945. The van der Waals surface area contributed by atoms with E-state index in [1.165, 1.54) is 25.2 Å². The number of carbonyl (C=O) groups is 1. The molecule has 158 valence electrons. The van der Waals surface area contributed by atoms with Gasteiger partial charge in [-0.3, -0.25) is 4.90 Å². The Morgan fingerprint density at radius 1 is 1.17 bits per heavy atom. The third-order valence-corrected chi connectivity index (χ3v) is 6.90. The minimum Gasteiger partial charge on any atom is -0.465 e. The highest BCUT2D eigenvalue weighted by Crippen LogP contribution is 2.36. The van der Waals surface area contributed by atoms with E-state index in [1.54, 1.807) is 24.3 Å². The van der Waals surface area contributed by atoms with Gasteiger partial charge in [-0.05, 0) is 35.4 Å². The number of carboxylic acid groups (broad SMARTS) is 1. The highest BCUT2D eigenvalue weighted by atomic mass is 35.5. The lowest BCUT2D eigenvalue weighted by atomic mass is 10.0. The van der Waals surface area contributed by atoms with Gasteiger partial charge in [0, 0.05) is 18.5 Å². The molecule has 2 heterocycles. The molecule has 4 rings (SSSR count). The van der Waals surface area contributed by atoms with Crippen LogP contribution in [0.15, 0.2) is 51.8 Å². The van der Waals surface area contributed by atoms with Gasteiger partial charge in [-0.1, -0.05) is 23.7 Å². The van der Waals surface area contributed by atoms with Crippen LogP contribution < -0.4 is 4.90 Å². The van der Waals surface area contributed by atoms with E-state index in [2.05, 4.69) is 0 Å². The van der Waals surface area contributed by atoms with E-state index in [9.17, 15) is 22.0 Å². The van der Waals surface area contributed by atoms with E-state index in [0.717, 1.165) is 9.21 Å². The highest BCUT2D eigenvalue weighted by Gasteiger charge is 2.49. The third kappa shape index (κ3) is 3.51. The van der Waals surface area contributed by atoms with Crippen LogP contribution in [-0.2, 0) is 10.0 Å². The predicted molar refractivity (Wildman–Crippen MR) is 107 cm³/mol. The van der Waals surface area contributed by atoms with E-state index >= 15 is 0 Å². The normalized spacial score (nSPS) is 16.4. The summed E-state index contributed by atoms with van der Waals surface area (Å²) in [6.45, 7) is -1.64. The van der Waals surface area contributed by atoms with Crippen LogP contribution in [-0.4, -0.2) is 50.0 Å². The molecular formula is C19H15ClF2N2O5S. The third-order valence-electron chi connectivity index (χ3n) is 4.82. The highest BCUT2D eigenvalue weighted by molar-refractivity contribution is 7.89. The molecule has 0 aliphatic carbocycles. The van der Waals surface area contributed by atoms with Crippen molar-refractivity contribution in [3.8, 4) is 11.1 Å². The fourth-order valence-corrected chi connectivity index (χ4v) is 4.89. The van der Waals surface area contributed by atoms with E-state index < -0.39 is 35.1 Å². The summed E-state index contributed by atoms with van der Waals surface area (Å²) < 4.78 is 57.1. The lowest BCUT2D eigenvalue weighted by Gasteiger charge is -2.37. The Bertz CT molecular complexity index is 1250. The molecule has 1 aromatic heterocycles. The number of nitrogens with zero attached hydrogens (tertiary/aromatic N) is 2. The number of anilines is 1. The van der Waals surface area contributed by atoms with Crippen molar-refractivity contribution < 1.29 is 31.5 Å². The molecule has 0 spiro atoms. The number of halogens is 3. The molecule has 7 nitrogen and oxygen atoms in total. The Hall–Kier alpha value is -2.69. The van der Waals surface area contributed by atoms with Crippen LogP contribution in [0, 0.1) is 0 Å². The molecule has 1 aliphatic heterocycles. The van der Waals surface area contributed by atoms with E-state index in [0.29, 0.717) is 22.1 Å². The summed E-state index contributed by atoms with van der Waals surface area (Å²) in [6, 6.07) is 10.7. The van der Waals surface area contributed by atoms with Gasteiger partial charge in [0.1, 0.15) is 0 Å². The number of hydrogen-bond donors (Lipinski definition) is 1. The number of sulfonamides is 1. The molecule has 0 atom stereocenters. The first kappa shape index (κ1) is 20.6. The first-order valence-corrected chi connectivity index (χ1v) is 10.5. The van der Waals surface area contributed by atoms with Crippen LogP contribution in [0.1, 0.15) is 0 Å². The van der Waals surface area contributed by atoms with Gasteiger partial charge in [0.25, 0.3) is 5.92 Å². The van der Waals surface area contributed by atoms with Gasteiger partial charge in [-0.15, -0.1) is 0 Å². The summed E-state index contributed by atoms with van der Waals surface area (Å²) in [5.41, 5.74) is 1.61. The minimum atomic E-state index is -3.98. The maximum atomic E-state index is 13.0. The van der Waals surface area contributed by atoms with Crippen LogP contribution in [0.3, 0.4) is 0 Å². The maximum Gasteiger partial charge on any atom is 0.413 e. The molecule has 1 fully saturated rings. The molecule has 2 aromatic carbocycles. The standard InChI is InChI=1S/C19H15ClF2N2O5S/c1-23(18(25)26)16-8-13-6-12(7-15(20)17(13)29-16)11-2-4-14(5-3-11)30(27,28)24-9-19(21,22)10-24/h2-8H,9-10H2,1H3,(H,25,26). The zero-order chi connectivity index (χ0) is 21.8. The quantitative estimate of drug-likeness (QED) is 0.623. The molecular weight excluding hydrogens is 442 g/mol. The maximum absolute atomic E-state index is 13.0. The predicted octanol–water partition coefficient (Wildman–Crippen LogP) is 4.51. The first-order valence-electron chi connectivity index (χ1n) is 8.66. The fourth-order valence-electron chi connectivity index (χ4n) is 3.13. The number of furan rings is 1. The molecule has 0 unspecified atom stereocenters. The first-order chi connectivity index (χ1) is 14.0. The van der Waals surface area contributed by atoms with Crippen molar-refractivity contribution in [3.05, 3.63) is 47.5 Å². The van der Waals surface area contributed by atoms with E-state index in [1.807, 2.05) is 0 Å². The smallest absolute Gasteiger partial charge is 0.413 e. The fraction of sp³-hybridized carbons (Fsp3) is 0.211. The number of alkyl halides is 2. The topological polar surface area (TPSA) is 91.1 Å². The molecule has 0 bridgehead atoms. The zero-order valence-electron chi connectivity index (χ0n) is 15.5. The summed E-state index contributed by atoms with van der Waals surface area (Å²) in [7, 11) is -2.64. The Morgan fingerprint density at radius 2 is 1.80 bits per heavy atom. The SMILES string of the molecule is CN(C(=O)O)c1cc2cc(-c3ccc(S(=O)(=O)N4CC(F)(F)C4)cc3)cc(Cl)c2o1. The van der Waals surface area contributed by atoms with Crippen molar-refractivity contribution in [3.63, 3.8) is 0 Å². The average molecular weight is 457 g/mol. The molecule has 0 radical (unpaired) electrons. The Morgan fingerprint density at radius 3 is 2.37 bits per heavy atom. The van der Waals surface area contributed by atoms with Gasteiger partial charge in [0.05, 0.1) is 23.0 Å². The van der Waals surface area contributed by atoms with Gasteiger partial charge in [0.2, 0.25) is 15.9 Å². The van der Waals surface area contributed by atoms with Gasteiger partial charge in [-0.25, -0.2) is 22.0 Å². The monoisotopic (exact) mass is 456 g/mol. The molecule has 1 N–H and O–H groups in total. The summed E-state index contributed by atoms with van der Waals surface area (Å²) in [5.74, 6) is -2.89. The second-order valence-corrected chi connectivity index (χ2v) is 9.30. The van der Waals surface area contributed by atoms with Crippen LogP contribution >= 0.6 is 11.6 Å². The zero-order valence-corrected chi connectivity index (χ0v) is 17.0. The number of hydrogen-bond acceptors (Lipinski definition) is 4. The number of benzene rings is 2. The minimum absolute atomic E-state index is 0.0809. The second kappa shape index (κ2) is 6.93. The van der Waals surface area contributed by atoms with Crippen molar-refractivity contribution in [1.82, 2.24) is 4.31 Å². The van der Waals surface area contributed by atoms with Gasteiger partial charge in [-0.2, -0.15) is 4.31 Å². The summed E-state index contributed by atoms with van der Waals surface area (Å²) >= 11 is 6.27. The Kier molecular flexibility index (Phi) is 4.75. The largest absolute Gasteiger partial charge is 0.465 e.